The zero-order valence-electron chi connectivity index (χ0n) is 23.0. The van der Waals surface area contributed by atoms with Gasteiger partial charge in [0, 0.05) is 19.4 Å². The minimum Gasteiger partial charge on any atom is -0.363 e. The summed E-state index contributed by atoms with van der Waals surface area (Å²) < 4.78 is 28.6. The first kappa shape index (κ1) is 26.8. The number of rotatable bonds is 8. The van der Waals surface area contributed by atoms with Crippen LogP contribution in [-0.2, 0) is 21.2 Å². The molecule has 11 nitrogen and oxygen atoms in total. The summed E-state index contributed by atoms with van der Waals surface area (Å²) in [5.41, 5.74) is 7.63. The van der Waals surface area contributed by atoms with Crippen LogP contribution in [0.4, 0.5) is 11.8 Å². The van der Waals surface area contributed by atoms with Crippen LogP contribution in [0.25, 0.3) is 11.0 Å². The van der Waals surface area contributed by atoms with Gasteiger partial charge in [-0.15, -0.1) is 0 Å². The Hall–Kier alpha value is -4.42. The van der Waals surface area contributed by atoms with Crippen LogP contribution in [0.15, 0.2) is 77.6 Å². The molecule has 12 heteroatoms. The van der Waals surface area contributed by atoms with E-state index in [0.29, 0.717) is 17.7 Å². The number of hydrazine groups is 1. The van der Waals surface area contributed by atoms with Gasteiger partial charge in [0.15, 0.2) is 5.65 Å². The van der Waals surface area contributed by atoms with Crippen molar-refractivity contribution in [2.75, 3.05) is 24.2 Å². The van der Waals surface area contributed by atoms with Crippen LogP contribution in [0.3, 0.4) is 0 Å². The van der Waals surface area contributed by atoms with E-state index in [1.54, 1.807) is 55.5 Å². The van der Waals surface area contributed by atoms with E-state index in [1.807, 2.05) is 19.1 Å². The Balaban J connectivity index is 1.40. The Morgan fingerprint density at radius 2 is 1.88 bits per heavy atom. The number of likely N-dealkylation sites (N-methyl/N-ethyl adjacent to an activating group) is 1. The van der Waals surface area contributed by atoms with Gasteiger partial charge in [-0.2, -0.15) is 9.97 Å². The summed E-state index contributed by atoms with van der Waals surface area (Å²) in [6, 6.07) is 16.4. The van der Waals surface area contributed by atoms with Gasteiger partial charge in [0.05, 0.1) is 28.6 Å². The lowest BCUT2D eigenvalue weighted by Crippen LogP contribution is -2.45. The highest BCUT2D eigenvalue weighted by molar-refractivity contribution is 7.90. The smallest absolute Gasteiger partial charge is 0.269 e. The van der Waals surface area contributed by atoms with E-state index in [-0.39, 0.29) is 28.4 Å². The molecule has 2 aliphatic rings. The second-order valence-electron chi connectivity index (χ2n) is 10.3. The van der Waals surface area contributed by atoms with Crippen molar-refractivity contribution in [1.29, 1.82) is 0 Å². The standard InChI is InChI=1S/C29H32N8O3S/c1-18-8-11-22(12-9-18)41(39,40)37-15-14-24-26(33-25-13-10-20-6-4-5-7-23(20)25)34-29(35-27(24)37)32-21-16-31-36(17-21)19(2)28(38)30-3/h4-9,11-12,14-15,17,19,25,31H,10,13,16H2,1-3H3,(H,30,38)(H2,32,33,34,35)/t19?,25-/m0/s1. The van der Waals surface area contributed by atoms with Crippen molar-refractivity contribution in [3.05, 3.63) is 89.4 Å². The third-order valence-electron chi connectivity index (χ3n) is 7.59. The minimum absolute atomic E-state index is 0.0328. The van der Waals surface area contributed by atoms with E-state index in [0.717, 1.165) is 24.1 Å². The SMILES string of the molecule is CNC(=O)C(C)N1C=C(Nc2nc(N[C@H]3CCc4ccccc43)c3ccn(S(=O)(=O)c4ccc(C)cc4)c3n2)CN1. The summed E-state index contributed by atoms with van der Waals surface area (Å²) in [6.07, 6.45) is 5.16. The number of nitrogens with one attached hydrogen (secondary N) is 4. The number of aryl methyl sites for hydroxylation is 2. The van der Waals surface area contributed by atoms with Crippen molar-refractivity contribution in [2.45, 2.75) is 43.7 Å². The Labute approximate surface area is 238 Å². The molecule has 0 saturated heterocycles. The molecule has 6 rings (SSSR count). The second-order valence-corrected chi connectivity index (χ2v) is 12.1. The Morgan fingerprint density at radius 1 is 1.10 bits per heavy atom. The maximum absolute atomic E-state index is 13.7. The molecule has 0 bridgehead atoms. The normalized spacial score (nSPS) is 17.3. The maximum Gasteiger partial charge on any atom is 0.269 e. The van der Waals surface area contributed by atoms with Crippen LogP contribution in [0.2, 0.25) is 0 Å². The molecule has 2 aromatic heterocycles. The number of amides is 1. The highest BCUT2D eigenvalue weighted by Crippen LogP contribution is 2.36. The monoisotopic (exact) mass is 572 g/mol. The summed E-state index contributed by atoms with van der Waals surface area (Å²) in [5, 5.41) is 11.8. The summed E-state index contributed by atoms with van der Waals surface area (Å²) in [4.78, 5) is 21.7. The van der Waals surface area contributed by atoms with Crippen LogP contribution in [0.1, 0.15) is 36.1 Å². The quantitative estimate of drug-likeness (QED) is 0.251. The fraction of sp³-hybridized carbons (Fsp3) is 0.276. The third kappa shape index (κ3) is 5.00. The lowest BCUT2D eigenvalue weighted by molar-refractivity contribution is -0.125. The number of benzene rings is 2. The van der Waals surface area contributed by atoms with Gasteiger partial charge in [0.25, 0.3) is 10.0 Å². The third-order valence-corrected chi connectivity index (χ3v) is 9.28. The lowest BCUT2D eigenvalue weighted by Gasteiger charge is -2.22. The van der Waals surface area contributed by atoms with Crippen LogP contribution in [0.5, 0.6) is 0 Å². The van der Waals surface area contributed by atoms with Gasteiger partial charge in [-0.1, -0.05) is 42.0 Å². The van der Waals surface area contributed by atoms with E-state index < -0.39 is 16.1 Å². The van der Waals surface area contributed by atoms with Gasteiger partial charge in [0.1, 0.15) is 11.9 Å². The van der Waals surface area contributed by atoms with Crippen molar-refractivity contribution < 1.29 is 13.2 Å². The second kappa shape index (κ2) is 10.5. The number of fused-ring (bicyclic) bond motifs is 2. The molecule has 2 atom stereocenters. The van der Waals surface area contributed by atoms with Gasteiger partial charge in [-0.3, -0.25) is 4.79 Å². The van der Waals surface area contributed by atoms with Crippen LogP contribution < -0.4 is 21.4 Å². The highest BCUT2D eigenvalue weighted by atomic mass is 32.2. The molecule has 3 heterocycles. The average molecular weight is 573 g/mol. The van der Waals surface area contributed by atoms with E-state index in [2.05, 4.69) is 38.5 Å². The molecule has 0 fully saturated rings. The van der Waals surface area contributed by atoms with Gasteiger partial charge < -0.3 is 21.0 Å². The van der Waals surface area contributed by atoms with Crippen LogP contribution in [0, 0.1) is 6.92 Å². The molecule has 212 valence electrons. The van der Waals surface area contributed by atoms with Crippen molar-refractivity contribution >= 4 is 38.7 Å². The fourth-order valence-electron chi connectivity index (χ4n) is 5.29. The Morgan fingerprint density at radius 3 is 2.66 bits per heavy atom. The lowest BCUT2D eigenvalue weighted by atomic mass is 10.1. The molecule has 0 spiro atoms. The molecule has 4 N–H and O–H groups in total. The predicted molar refractivity (Wildman–Crippen MR) is 157 cm³/mol. The van der Waals surface area contributed by atoms with E-state index >= 15 is 0 Å². The Bertz CT molecular complexity index is 1760. The molecule has 1 aliphatic heterocycles. The molecule has 1 aliphatic carbocycles. The van der Waals surface area contributed by atoms with Crippen molar-refractivity contribution in [3.63, 3.8) is 0 Å². The van der Waals surface area contributed by atoms with Gasteiger partial charge >= 0.3 is 0 Å². The molecule has 1 amide bonds. The number of nitrogens with zero attached hydrogens (tertiary/aromatic N) is 4. The van der Waals surface area contributed by atoms with E-state index in [4.69, 9.17) is 4.98 Å². The zero-order valence-corrected chi connectivity index (χ0v) is 23.9. The summed E-state index contributed by atoms with van der Waals surface area (Å²) in [6.45, 7) is 4.12. The number of aromatic nitrogens is 3. The topological polar surface area (TPSA) is 133 Å². The van der Waals surface area contributed by atoms with Gasteiger partial charge in [-0.25, -0.2) is 17.8 Å². The van der Waals surface area contributed by atoms with Crippen molar-refractivity contribution in [2.24, 2.45) is 0 Å². The van der Waals surface area contributed by atoms with Crippen molar-refractivity contribution in [1.82, 2.24) is 29.7 Å². The first-order chi connectivity index (χ1) is 19.7. The van der Waals surface area contributed by atoms with E-state index in [9.17, 15) is 13.2 Å². The van der Waals surface area contributed by atoms with Gasteiger partial charge in [-0.05, 0) is 56.0 Å². The molecule has 0 radical (unpaired) electrons. The number of carbonyl (C=O) groups excluding carboxylic acids is 1. The van der Waals surface area contributed by atoms with Gasteiger partial charge in [0.2, 0.25) is 11.9 Å². The molecule has 2 aromatic carbocycles. The molecule has 0 saturated carbocycles. The average Bonchev–Trinajstić information content (AvgIpc) is 3.72. The zero-order chi connectivity index (χ0) is 28.7. The molecule has 41 heavy (non-hydrogen) atoms. The van der Waals surface area contributed by atoms with Crippen molar-refractivity contribution in [3.8, 4) is 0 Å². The summed E-state index contributed by atoms with van der Waals surface area (Å²) in [5.74, 6) is 0.655. The molecule has 4 aromatic rings. The minimum atomic E-state index is -3.92. The maximum atomic E-state index is 13.7. The molecular weight excluding hydrogens is 540 g/mol. The number of hydrogen-bond donors (Lipinski definition) is 4. The van der Waals surface area contributed by atoms with Crippen LogP contribution in [-0.4, -0.2) is 52.9 Å². The first-order valence-electron chi connectivity index (χ1n) is 13.5. The van der Waals surface area contributed by atoms with E-state index in [1.165, 1.54) is 21.3 Å². The number of anilines is 2. The predicted octanol–water partition coefficient (Wildman–Crippen LogP) is 3.28. The van der Waals surface area contributed by atoms with Crippen LogP contribution >= 0.6 is 0 Å². The Kier molecular flexibility index (Phi) is 6.88. The first-order valence-corrected chi connectivity index (χ1v) is 15.0. The number of hydrogen-bond acceptors (Lipinski definition) is 9. The largest absolute Gasteiger partial charge is 0.363 e. The molecule has 1 unspecified atom stereocenters. The highest BCUT2D eigenvalue weighted by Gasteiger charge is 2.27. The summed E-state index contributed by atoms with van der Waals surface area (Å²) in [7, 11) is -2.32. The fourth-order valence-corrected chi connectivity index (χ4v) is 6.58. The number of carbonyl (C=O) groups is 1. The molecular formula is C29H32N8O3S. The summed E-state index contributed by atoms with van der Waals surface area (Å²) >= 11 is 0.